The van der Waals surface area contributed by atoms with Crippen molar-refractivity contribution in [2.24, 2.45) is 5.10 Å². The molecule has 1 aliphatic carbocycles. The molecule has 1 saturated carbocycles. The molecule has 5 rings (SSSR count). The molecule has 9 nitrogen and oxygen atoms in total. The molecule has 0 aliphatic heterocycles. The average Bonchev–Trinajstić information content (AvgIpc) is 2.97. The number of rotatable bonds is 9. The Balaban J connectivity index is 1.49. The molecule has 0 unspecified atom stereocenters. The number of fused-ring (bicyclic) bond motifs is 1. The van der Waals surface area contributed by atoms with Crippen molar-refractivity contribution < 1.29 is 14.4 Å². The zero-order valence-corrected chi connectivity index (χ0v) is 26.1. The smallest absolute Gasteiger partial charge is 0.282 e. The maximum absolute atomic E-state index is 13.6. The van der Waals surface area contributed by atoms with Crippen LogP contribution in [0.25, 0.3) is 10.9 Å². The summed E-state index contributed by atoms with van der Waals surface area (Å²) in [5.41, 5.74) is 1.88. The molecule has 1 heterocycles. The number of nitro benzene ring substituents is 1. The first kappa shape index (κ1) is 29.2. The van der Waals surface area contributed by atoms with Gasteiger partial charge in [-0.3, -0.25) is 14.9 Å². The van der Waals surface area contributed by atoms with Crippen molar-refractivity contribution in [1.29, 1.82) is 0 Å². The average molecular weight is 731 g/mol. The van der Waals surface area contributed by atoms with E-state index in [-0.39, 0.29) is 23.8 Å². The molecule has 11 heteroatoms. The van der Waals surface area contributed by atoms with Gasteiger partial charge >= 0.3 is 0 Å². The summed E-state index contributed by atoms with van der Waals surface area (Å²) in [6.45, 7) is 2.44. The van der Waals surface area contributed by atoms with Crippen LogP contribution < -0.4 is 15.0 Å². The summed E-state index contributed by atoms with van der Waals surface area (Å²) in [5.74, 6) is 1.92. The maximum Gasteiger partial charge on any atom is 0.282 e. The number of halogens is 2. The molecule has 1 aliphatic rings. The largest absolute Gasteiger partial charge is 0.490 e. The van der Waals surface area contributed by atoms with Gasteiger partial charge in [0.25, 0.3) is 11.2 Å². The minimum atomic E-state index is -0.429. The first-order valence-electron chi connectivity index (χ1n) is 13.4. The Morgan fingerprint density at radius 3 is 2.71 bits per heavy atom. The van der Waals surface area contributed by atoms with E-state index < -0.39 is 4.92 Å². The SMILES string of the molecule is CCOc1cc(C=Nn2c(C3CCCCC3)nc3ccc(Br)cc3c2=O)cc(I)c1OCc1cccc([N+](=O)[O-])c1. The van der Waals surface area contributed by atoms with Crippen molar-refractivity contribution in [1.82, 2.24) is 9.66 Å². The minimum Gasteiger partial charge on any atom is -0.490 e. The van der Waals surface area contributed by atoms with E-state index >= 15 is 0 Å². The van der Waals surface area contributed by atoms with E-state index in [9.17, 15) is 14.9 Å². The molecule has 0 N–H and O–H groups in total. The van der Waals surface area contributed by atoms with Crippen LogP contribution in [0.2, 0.25) is 0 Å². The lowest BCUT2D eigenvalue weighted by Gasteiger charge is -2.22. The quantitative estimate of drug-likeness (QED) is 0.0761. The summed E-state index contributed by atoms with van der Waals surface area (Å²) in [7, 11) is 0. The molecule has 41 heavy (non-hydrogen) atoms. The molecular formula is C30H28BrIN4O5. The number of aromatic nitrogens is 2. The predicted octanol–water partition coefficient (Wildman–Crippen LogP) is 7.58. The number of nitrogens with zero attached hydrogens (tertiary/aromatic N) is 4. The zero-order chi connectivity index (χ0) is 28.9. The van der Waals surface area contributed by atoms with Crippen molar-refractivity contribution in [3.63, 3.8) is 0 Å². The Labute approximate surface area is 259 Å². The van der Waals surface area contributed by atoms with Crippen LogP contribution in [0.4, 0.5) is 5.69 Å². The van der Waals surface area contributed by atoms with Gasteiger partial charge in [0.2, 0.25) is 0 Å². The molecule has 0 radical (unpaired) electrons. The van der Waals surface area contributed by atoms with E-state index in [0.29, 0.717) is 40.4 Å². The summed E-state index contributed by atoms with van der Waals surface area (Å²) in [4.78, 5) is 29.3. The van der Waals surface area contributed by atoms with Crippen LogP contribution in [0.15, 0.2) is 69.0 Å². The topological polar surface area (TPSA) is 109 Å². The third-order valence-electron chi connectivity index (χ3n) is 6.96. The number of nitro groups is 1. The number of non-ortho nitro benzene ring substituents is 1. The van der Waals surface area contributed by atoms with Crippen LogP contribution in [-0.2, 0) is 6.61 Å². The number of benzene rings is 3. The van der Waals surface area contributed by atoms with Gasteiger partial charge in [-0.05, 0) is 83.8 Å². The van der Waals surface area contributed by atoms with Crippen LogP contribution in [0.1, 0.15) is 61.9 Å². The number of ether oxygens (including phenoxy) is 2. The number of hydrogen-bond acceptors (Lipinski definition) is 7. The molecule has 0 atom stereocenters. The highest BCUT2D eigenvalue weighted by atomic mass is 127. The predicted molar refractivity (Wildman–Crippen MR) is 170 cm³/mol. The summed E-state index contributed by atoms with van der Waals surface area (Å²) in [6.07, 6.45) is 7.01. The van der Waals surface area contributed by atoms with Gasteiger partial charge in [-0.2, -0.15) is 9.78 Å². The highest BCUT2D eigenvalue weighted by molar-refractivity contribution is 14.1. The van der Waals surface area contributed by atoms with Crippen LogP contribution >= 0.6 is 38.5 Å². The van der Waals surface area contributed by atoms with Gasteiger partial charge < -0.3 is 9.47 Å². The molecular weight excluding hydrogens is 703 g/mol. The van der Waals surface area contributed by atoms with Crippen molar-refractivity contribution >= 4 is 61.3 Å². The Morgan fingerprint density at radius 2 is 1.95 bits per heavy atom. The zero-order valence-electron chi connectivity index (χ0n) is 22.4. The van der Waals surface area contributed by atoms with E-state index in [0.717, 1.165) is 39.3 Å². The summed E-state index contributed by atoms with van der Waals surface area (Å²) < 4.78 is 15.0. The van der Waals surface area contributed by atoms with Crippen molar-refractivity contribution in [2.45, 2.75) is 51.6 Å². The van der Waals surface area contributed by atoms with Crippen LogP contribution in [0, 0.1) is 13.7 Å². The van der Waals surface area contributed by atoms with Gasteiger partial charge in [0, 0.05) is 22.5 Å². The van der Waals surface area contributed by atoms with E-state index in [4.69, 9.17) is 14.5 Å². The molecule has 0 amide bonds. The molecule has 212 valence electrons. The molecule has 1 aromatic heterocycles. The molecule has 0 saturated heterocycles. The van der Waals surface area contributed by atoms with Crippen molar-refractivity contribution in [3.05, 3.63) is 100 Å². The van der Waals surface area contributed by atoms with Crippen LogP contribution in [0.5, 0.6) is 11.5 Å². The van der Waals surface area contributed by atoms with Crippen LogP contribution in [0.3, 0.4) is 0 Å². The number of hydrogen-bond donors (Lipinski definition) is 0. The monoisotopic (exact) mass is 730 g/mol. The lowest BCUT2D eigenvalue weighted by molar-refractivity contribution is -0.384. The summed E-state index contributed by atoms with van der Waals surface area (Å²) >= 11 is 5.63. The molecule has 3 aromatic carbocycles. The van der Waals surface area contributed by atoms with Gasteiger partial charge in [0.1, 0.15) is 12.4 Å². The van der Waals surface area contributed by atoms with E-state index in [2.05, 4.69) is 43.6 Å². The highest BCUT2D eigenvalue weighted by Gasteiger charge is 2.23. The first-order valence-corrected chi connectivity index (χ1v) is 15.3. The lowest BCUT2D eigenvalue weighted by atomic mass is 9.88. The van der Waals surface area contributed by atoms with Gasteiger partial charge in [-0.25, -0.2) is 4.98 Å². The third-order valence-corrected chi connectivity index (χ3v) is 8.26. The summed E-state index contributed by atoms with van der Waals surface area (Å²) in [5, 5.41) is 16.3. The van der Waals surface area contributed by atoms with Crippen LogP contribution in [-0.4, -0.2) is 27.4 Å². The first-order chi connectivity index (χ1) is 19.8. The highest BCUT2D eigenvalue weighted by Crippen LogP contribution is 2.35. The molecule has 4 aromatic rings. The second kappa shape index (κ2) is 13.1. The second-order valence-corrected chi connectivity index (χ2v) is 11.9. The van der Waals surface area contributed by atoms with E-state index in [1.54, 1.807) is 24.4 Å². The lowest BCUT2D eigenvalue weighted by Crippen LogP contribution is -2.25. The van der Waals surface area contributed by atoms with Gasteiger partial charge in [0.15, 0.2) is 11.5 Å². The Morgan fingerprint density at radius 1 is 1.15 bits per heavy atom. The summed E-state index contributed by atoms with van der Waals surface area (Å²) in [6, 6.07) is 15.6. The van der Waals surface area contributed by atoms with E-state index in [1.807, 2.05) is 31.2 Å². The fraction of sp³-hybridized carbons (Fsp3) is 0.300. The fourth-order valence-electron chi connectivity index (χ4n) is 5.01. The van der Waals surface area contributed by atoms with Crippen molar-refractivity contribution in [2.75, 3.05) is 6.61 Å². The Bertz CT molecular complexity index is 1680. The minimum absolute atomic E-state index is 0.00997. The molecule has 0 spiro atoms. The standard InChI is InChI=1S/C30H28BrIN4O5/c1-2-40-27-15-20(14-25(32)28(27)41-18-19-7-6-10-23(13-19)36(38)39)17-33-35-29(21-8-4-3-5-9-21)34-26-12-11-22(31)16-24(26)30(35)37/h6-7,10-17,21H,2-5,8-9,18H2,1H3. The second-order valence-electron chi connectivity index (χ2n) is 9.81. The molecule has 1 fully saturated rings. The Kier molecular flexibility index (Phi) is 9.33. The fourth-order valence-corrected chi connectivity index (χ4v) is 6.15. The van der Waals surface area contributed by atoms with Gasteiger partial charge in [-0.15, -0.1) is 0 Å². The normalized spacial score (nSPS) is 14.0. The van der Waals surface area contributed by atoms with Gasteiger partial charge in [0.05, 0.1) is 32.2 Å². The maximum atomic E-state index is 13.6. The van der Waals surface area contributed by atoms with E-state index in [1.165, 1.54) is 23.2 Å². The van der Waals surface area contributed by atoms with Gasteiger partial charge in [-0.1, -0.05) is 47.3 Å². The Hall–Kier alpha value is -3.32. The van der Waals surface area contributed by atoms with Crippen molar-refractivity contribution in [3.8, 4) is 11.5 Å². The molecule has 0 bridgehead atoms. The third kappa shape index (κ3) is 6.78.